The molecule has 0 radical (unpaired) electrons. The van der Waals surface area contributed by atoms with Gasteiger partial charge in [-0.3, -0.25) is 10.6 Å². The molecule has 0 saturated carbocycles. The van der Waals surface area contributed by atoms with Crippen LogP contribution in [0.15, 0.2) is 0 Å². The van der Waals surface area contributed by atoms with E-state index in [1.807, 2.05) is 0 Å². The largest absolute Gasteiger partial charge is 2.00 e. The maximum Gasteiger partial charge on any atom is 2.00 e. The third-order valence-corrected chi connectivity index (χ3v) is 0.200. The molecule has 0 aliphatic heterocycles. The molecule has 7 heteroatoms. The molecular weight excluding hydrogens is 244 g/mol. The topological polar surface area (TPSA) is 123 Å². The fourth-order valence-electron chi connectivity index (χ4n) is 0.0447. The molecular formula is C4CdN6. The minimum absolute atomic E-state index is 0. The molecule has 6 nitrogen and oxygen atoms in total. The average molecular weight is 244 g/mol. The van der Waals surface area contributed by atoms with E-state index in [1.54, 1.807) is 0 Å². The van der Waals surface area contributed by atoms with E-state index < -0.39 is 0 Å². The fraction of sp³-hybridized carbons (Fsp3) is 0. The van der Waals surface area contributed by atoms with E-state index in [9.17, 15) is 0 Å². The van der Waals surface area contributed by atoms with Crippen molar-refractivity contribution in [1.29, 1.82) is 21.0 Å². The molecule has 0 bridgehead atoms. The summed E-state index contributed by atoms with van der Waals surface area (Å²) >= 11 is 0. The Morgan fingerprint density at radius 2 is 0.818 bits per heavy atom. The zero-order valence-corrected chi connectivity index (χ0v) is 9.43. The van der Waals surface area contributed by atoms with Gasteiger partial charge in [0.15, 0.2) is 0 Å². The van der Waals surface area contributed by atoms with Crippen LogP contribution in [0.2, 0.25) is 0 Å². The third kappa shape index (κ3) is 57.8. The van der Waals surface area contributed by atoms with Gasteiger partial charge in [-0.15, -0.1) is 0 Å². The van der Waals surface area contributed by atoms with Crippen LogP contribution in [0.25, 0.3) is 10.6 Å². The Bertz CT molecular complexity index is 171. The molecule has 0 N–H and O–H groups in total. The van der Waals surface area contributed by atoms with Crippen molar-refractivity contribution in [3.8, 4) is 24.8 Å². The Kier molecular flexibility index (Phi) is 34.9. The SMILES string of the molecule is N#C[N-]C#N.N#C[N-]C#N.[Cd+2]. The Hall–Kier alpha value is -1.52. The molecule has 0 aromatic carbocycles. The van der Waals surface area contributed by atoms with Crippen LogP contribution in [0, 0.1) is 45.8 Å². The van der Waals surface area contributed by atoms with Crippen LogP contribution in [0.1, 0.15) is 0 Å². The standard InChI is InChI=1S/2C2N3.Cd/c2*3-1-5-2-4;/q2*-1;+2. The minimum atomic E-state index is 0. The summed E-state index contributed by atoms with van der Waals surface area (Å²) in [6.07, 6.45) is 5.12. The van der Waals surface area contributed by atoms with Gasteiger partial charge in [-0.1, -0.05) is 0 Å². The van der Waals surface area contributed by atoms with Crippen molar-refractivity contribution in [2.75, 3.05) is 0 Å². The van der Waals surface area contributed by atoms with Gasteiger partial charge in [-0.25, -0.2) is 0 Å². The van der Waals surface area contributed by atoms with E-state index >= 15 is 0 Å². The van der Waals surface area contributed by atoms with Crippen LogP contribution in [-0.2, 0) is 27.3 Å². The van der Waals surface area contributed by atoms with Crippen molar-refractivity contribution in [3.63, 3.8) is 0 Å². The van der Waals surface area contributed by atoms with Gasteiger partial charge in [0, 0.05) is 24.8 Å². The summed E-state index contributed by atoms with van der Waals surface area (Å²) < 4.78 is 0. The average Bonchev–Trinajstić information content (AvgIpc) is 1.93. The van der Waals surface area contributed by atoms with E-state index in [1.165, 1.54) is 24.8 Å². The summed E-state index contributed by atoms with van der Waals surface area (Å²) in [5.74, 6) is 0. The smallest absolute Gasteiger partial charge is 0.385 e. The van der Waals surface area contributed by atoms with Gasteiger partial charge >= 0.3 is 27.3 Å². The van der Waals surface area contributed by atoms with Crippen molar-refractivity contribution < 1.29 is 27.3 Å². The third-order valence-electron chi connectivity index (χ3n) is 0.200. The van der Waals surface area contributed by atoms with Crippen LogP contribution in [0.4, 0.5) is 0 Å². The molecule has 0 heterocycles. The van der Waals surface area contributed by atoms with Crippen molar-refractivity contribution in [2.24, 2.45) is 0 Å². The Morgan fingerprint density at radius 1 is 0.636 bits per heavy atom. The molecule has 0 amide bonds. The molecule has 0 atom stereocenters. The molecule has 0 aromatic rings. The van der Waals surface area contributed by atoms with Gasteiger partial charge in [0.1, 0.15) is 0 Å². The van der Waals surface area contributed by atoms with E-state index in [4.69, 9.17) is 21.0 Å². The Balaban J connectivity index is -0.000000107. The second-order valence-corrected chi connectivity index (χ2v) is 0.624. The van der Waals surface area contributed by atoms with Crippen LogP contribution in [0.5, 0.6) is 0 Å². The number of hydrogen-bond acceptors (Lipinski definition) is 4. The first kappa shape index (κ1) is 16.2. The summed E-state index contributed by atoms with van der Waals surface area (Å²) in [7, 11) is 0. The molecule has 0 aromatic heterocycles. The van der Waals surface area contributed by atoms with Crippen LogP contribution in [0.3, 0.4) is 0 Å². The van der Waals surface area contributed by atoms with Gasteiger partial charge in [0.25, 0.3) is 0 Å². The van der Waals surface area contributed by atoms with E-state index in [2.05, 4.69) is 10.6 Å². The zero-order chi connectivity index (χ0) is 8.24. The first-order valence-corrected chi connectivity index (χ1v) is 1.79. The van der Waals surface area contributed by atoms with Crippen LogP contribution < -0.4 is 0 Å². The molecule has 0 spiro atoms. The Labute approximate surface area is 83.8 Å². The molecule has 0 aliphatic rings. The first-order chi connectivity index (χ1) is 4.83. The van der Waals surface area contributed by atoms with Gasteiger partial charge in [0.05, 0.1) is 0 Å². The van der Waals surface area contributed by atoms with Crippen molar-refractivity contribution in [2.45, 2.75) is 0 Å². The van der Waals surface area contributed by atoms with Gasteiger partial charge in [0.2, 0.25) is 0 Å². The number of nitriles is 4. The summed E-state index contributed by atoms with van der Waals surface area (Å²) in [6, 6.07) is 0. The van der Waals surface area contributed by atoms with E-state index in [0.717, 1.165) is 0 Å². The first-order valence-electron chi connectivity index (χ1n) is 1.79. The van der Waals surface area contributed by atoms with Crippen molar-refractivity contribution >= 4 is 0 Å². The van der Waals surface area contributed by atoms with E-state index in [0.29, 0.717) is 0 Å². The number of nitrogens with zero attached hydrogens (tertiary/aromatic N) is 6. The number of rotatable bonds is 0. The minimum Gasteiger partial charge on any atom is -0.385 e. The van der Waals surface area contributed by atoms with Crippen LogP contribution >= 0.6 is 0 Å². The summed E-state index contributed by atoms with van der Waals surface area (Å²) in [5.41, 5.74) is 0. The summed E-state index contributed by atoms with van der Waals surface area (Å²) in [4.78, 5) is 0. The maximum atomic E-state index is 7.43. The molecule has 11 heavy (non-hydrogen) atoms. The van der Waals surface area contributed by atoms with E-state index in [-0.39, 0.29) is 27.3 Å². The normalized spacial score (nSPS) is 3.27. The predicted octanol–water partition coefficient (Wildman–Crippen LogP) is 0.642. The maximum absolute atomic E-state index is 7.43. The molecule has 0 rings (SSSR count). The van der Waals surface area contributed by atoms with Crippen molar-refractivity contribution in [1.82, 2.24) is 0 Å². The van der Waals surface area contributed by atoms with Crippen molar-refractivity contribution in [3.05, 3.63) is 10.6 Å². The summed E-state index contributed by atoms with van der Waals surface area (Å²) in [5, 5.41) is 34.9. The van der Waals surface area contributed by atoms with Gasteiger partial charge in [-0.05, 0) is 0 Å². The molecule has 0 saturated heterocycles. The second-order valence-electron chi connectivity index (χ2n) is 0.624. The monoisotopic (exact) mass is 246 g/mol. The molecule has 48 valence electrons. The fourth-order valence-corrected chi connectivity index (χ4v) is 0.0447. The zero-order valence-electron chi connectivity index (χ0n) is 5.39. The molecule has 0 fully saturated rings. The van der Waals surface area contributed by atoms with Gasteiger partial charge in [-0.2, -0.15) is 0 Å². The predicted molar refractivity (Wildman–Crippen MR) is 29.2 cm³/mol. The quantitative estimate of drug-likeness (QED) is 0.458. The van der Waals surface area contributed by atoms with Crippen LogP contribution in [-0.4, -0.2) is 0 Å². The number of hydrogen-bond donors (Lipinski definition) is 0. The molecule has 0 unspecified atom stereocenters. The summed E-state index contributed by atoms with van der Waals surface area (Å²) in [6.45, 7) is 0. The molecule has 0 aliphatic carbocycles. The second kappa shape index (κ2) is 23.6. The van der Waals surface area contributed by atoms with Gasteiger partial charge < -0.3 is 21.0 Å². The Morgan fingerprint density at radius 3 is 0.818 bits per heavy atom.